The predicted octanol–water partition coefficient (Wildman–Crippen LogP) is 3.09. The summed E-state index contributed by atoms with van der Waals surface area (Å²) in [7, 11) is 1.70. The zero-order chi connectivity index (χ0) is 17.2. The molecular weight excluding hydrogens is 327 g/mol. The number of hydrogen-bond acceptors (Lipinski definition) is 4. The van der Waals surface area contributed by atoms with Crippen LogP contribution in [0.3, 0.4) is 0 Å². The van der Waals surface area contributed by atoms with E-state index in [1.165, 1.54) is 17.4 Å². The molecule has 0 saturated carbocycles. The Kier molecular flexibility index (Phi) is 5.18. The Morgan fingerprint density at radius 2 is 2.17 bits per heavy atom. The van der Waals surface area contributed by atoms with Gasteiger partial charge in [-0.15, -0.1) is 11.3 Å². The van der Waals surface area contributed by atoms with Gasteiger partial charge in [-0.2, -0.15) is 0 Å². The SMILES string of the molecule is COCC1(CNC(=O)c2sc3cccc(F)c3c2C)CCNCC1. The number of benzene rings is 1. The molecule has 1 amide bonds. The lowest BCUT2D eigenvalue weighted by Gasteiger charge is -2.37. The molecule has 2 N–H and O–H groups in total. The molecule has 1 aliphatic rings. The number of rotatable bonds is 5. The minimum Gasteiger partial charge on any atom is -0.384 e. The molecule has 0 radical (unpaired) electrons. The van der Waals surface area contributed by atoms with E-state index in [0.717, 1.165) is 36.2 Å². The number of fused-ring (bicyclic) bond motifs is 1. The van der Waals surface area contributed by atoms with E-state index in [-0.39, 0.29) is 17.1 Å². The van der Waals surface area contributed by atoms with E-state index in [9.17, 15) is 9.18 Å². The molecule has 0 unspecified atom stereocenters. The first-order valence-corrected chi connectivity index (χ1v) is 9.03. The van der Waals surface area contributed by atoms with Gasteiger partial charge < -0.3 is 15.4 Å². The fourth-order valence-corrected chi connectivity index (χ4v) is 4.59. The number of aryl methyl sites for hydroxylation is 1. The zero-order valence-electron chi connectivity index (χ0n) is 14.1. The number of piperidine rings is 1. The van der Waals surface area contributed by atoms with Gasteiger partial charge in [0.25, 0.3) is 5.91 Å². The van der Waals surface area contributed by atoms with E-state index in [0.29, 0.717) is 23.4 Å². The molecule has 2 aromatic rings. The lowest BCUT2D eigenvalue weighted by Crippen LogP contribution is -2.47. The minimum absolute atomic E-state index is 0.0223. The van der Waals surface area contributed by atoms with Gasteiger partial charge in [-0.1, -0.05) is 6.07 Å². The number of ether oxygens (including phenoxy) is 1. The molecule has 130 valence electrons. The van der Waals surface area contributed by atoms with Crippen LogP contribution in [0.5, 0.6) is 0 Å². The summed E-state index contributed by atoms with van der Waals surface area (Å²) in [4.78, 5) is 13.3. The average Bonchev–Trinajstić information content (AvgIpc) is 2.92. The minimum atomic E-state index is -0.269. The number of methoxy groups -OCH3 is 1. The molecule has 1 fully saturated rings. The highest BCUT2D eigenvalue weighted by Gasteiger charge is 2.33. The van der Waals surface area contributed by atoms with E-state index >= 15 is 0 Å². The lowest BCUT2D eigenvalue weighted by atomic mass is 9.79. The second kappa shape index (κ2) is 7.17. The summed E-state index contributed by atoms with van der Waals surface area (Å²) >= 11 is 1.35. The number of hydrogen-bond donors (Lipinski definition) is 2. The Morgan fingerprint density at radius 3 is 2.83 bits per heavy atom. The largest absolute Gasteiger partial charge is 0.384 e. The molecule has 0 bridgehead atoms. The van der Waals surface area contributed by atoms with Crippen LogP contribution in [0, 0.1) is 18.2 Å². The van der Waals surface area contributed by atoms with Gasteiger partial charge in [0.05, 0.1) is 11.5 Å². The third-order valence-corrected chi connectivity index (χ3v) is 6.10. The van der Waals surface area contributed by atoms with Crippen molar-refractivity contribution >= 4 is 27.3 Å². The van der Waals surface area contributed by atoms with Crippen molar-refractivity contribution in [1.82, 2.24) is 10.6 Å². The maximum atomic E-state index is 14.0. The second-order valence-electron chi connectivity index (χ2n) is 6.53. The maximum Gasteiger partial charge on any atom is 0.261 e. The molecular formula is C18H23FN2O2S. The maximum absolute atomic E-state index is 14.0. The van der Waals surface area contributed by atoms with Crippen LogP contribution >= 0.6 is 11.3 Å². The Balaban J connectivity index is 1.77. The van der Waals surface area contributed by atoms with Crippen molar-refractivity contribution in [3.05, 3.63) is 34.5 Å². The molecule has 3 rings (SSSR count). The summed E-state index contributed by atoms with van der Waals surface area (Å²) in [5, 5.41) is 6.96. The first kappa shape index (κ1) is 17.3. The van der Waals surface area contributed by atoms with E-state index in [2.05, 4.69) is 10.6 Å². The van der Waals surface area contributed by atoms with Gasteiger partial charge in [-0.25, -0.2) is 4.39 Å². The predicted molar refractivity (Wildman–Crippen MR) is 95.3 cm³/mol. The Morgan fingerprint density at radius 1 is 1.42 bits per heavy atom. The van der Waals surface area contributed by atoms with Crippen molar-refractivity contribution in [2.45, 2.75) is 19.8 Å². The van der Waals surface area contributed by atoms with Crippen molar-refractivity contribution in [1.29, 1.82) is 0 Å². The Hall–Kier alpha value is -1.50. The van der Waals surface area contributed by atoms with Gasteiger partial charge in [0, 0.05) is 29.2 Å². The highest BCUT2D eigenvalue weighted by molar-refractivity contribution is 7.21. The van der Waals surface area contributed by atoms with Crippen LogP contribution in [0.2, 0.25) is 0 Å². The van der Waals surface area contributed by atoms with Gasteiger partial charge in [0.2, 0.25) is 0 Å². The Bertz CT molecular complexity index is 732. The van der Waals surface area contributed by atoms with Gasteiger partial charge in [0.15, 0.2) is 0 Å². The molecule has 1 aromatic carbocycles. The number of carbonyl (C=O) groups is 1. The van der Waals surface area contributed by atoms with Crippen LogP contribution in [0.1, 0.15) is 28.1 Å². The number of nitrogens with one attached hydrogen (secondary N) is 2. The van der Waals surface area contributed by atoms with Crippen LogP contribution in [0.15, 0.2) is 18.2 Å². The fourth-order valence-electron chi connectivity index (χ4n) is 3.45. The first-order chi connectivity index (χ1) is 11.6. The Labute approximate surface area is 145 Å². The third kappa shape index (κ3) is 3.31. The number of carbonyl (C=O) groups excluding carboxylic acids is 1. The summed E-state index contributed by atoms with van der Waals surface area (Å²) in [5.74, 6) is -0.392. The standard InChI is InChI=1S/C18H23FN2O2S/c1-12-15-13(19)4-3-5-14(15)24-16(12)17(22)21-10-18(11-23-2)6-8-20-9-7-18/h3-5,20H,6-11H2,1-2H3,(H,21,22). The highest BCUT2D eigenvalue weighted by Crippen LogP contribution is 2.33. The summed E-state index contributed by atoms with van der Waals surface area (Å²) in [6.07, 6.45) is 1.95. The molecule has 1 aliphatic heterocycles. The van der Waals surface area contributed by atoms with Gasteiger partial charge in [-0.05, 0) is 50.6 Å². The fraction of sp³-hybridized carbons (Fsp3) is 0.500. The topological polar surface area (TPSA) is 50.4 Å². The summed E-state index contributed by atoms with van der Waals surface area (Å²) < 4.78 is 20.2. The molecule has 1 aromatic heterocycles. The molecule has 0 spiro atoms. The first-order valence-electron chi connectivity index (χ1n) is 8.22. The normalized spacial score (nSPS) is 17.1. The number of amides is 1. The van der Waals surface area contributed by atoms with Crippen LogP contribution in [0.25, 0.3) is 10.1 Å². The molecule has 0 aliphatic carbocycles. The van der Waals surface area contributed by atoms with Gasteiger partial charge in [0.1, 0.15) is 5.82 Å². The van der Waals surface area contributed by atoms with Gasteiger partial charge in [-0.3, -0.25) is 4.79 Å². The van der Waals surface area contributed by atoms with Crippen molar-refractivity contribution < 1.29 is 13.9 Å². The van der Waals surface area contributed by atoms with E-state index in [1.807, 2.05) is 13.0 Å². The number of halogens is 1. The molecule has 2 heterocycles. The van der Waals surface area contributed by atoms with E-state index < -0.39 is 0 Å². The lowest BCUT2D eigenvalue weighted by molar-refractivity contribution is 0.0512. The van der Waals surface area contributed by atoms with Crippen molar-refractivity contribution in [2.75, 3.05) is 33.4 Å². The van der Waals surface area contributed by atoms with Gasteiger partial charge >= 0.3 is 0 Å². The van der Waals surface area contributed by atoms with Crippen LogP contribution in [0.4, 0.5) is 4.39 Å². The van der Waals surface area contributed by atoms with Crippen LogP contribution < -0.4 is 10.6 Å². The van der Waals surface area contributed by atoms with E-state index in [4.69, 9.17) is 4.74 Å². The molecule has 1 saturated heterocycles. The molecule has 6 heteroatoms. The quantitative estimate of drug-likeness (QED) is 0.871. The van der Waals surface area contributed by atoms with Crippen LogP contribution in [-0.2, 0) is 4.74 Å². The molecule has 4 nitrogen and oxygen atoms in total. The molecule has 24 heavy (non-hydrogen) atoms. The highest BCUT2D eigenvalue weighted by atomic mass is 32.1. The monoisotopic (exact) mass is 350 g/mol. The summed E-state index contributed by atoms with van der Waals surface area (Å²) in [5.41, 5.74) is 0.697. The van der Waals surface area contributed by atoms with Crippen molar-refractivity contribution in [2.24, 2.45) is 5.41 Å². The van der Waals surface area contributed by atoms with Crippen LogP contribution in [-0.4, -0.2) is 39.3 Å². The molecule has 0 atom stereocenters. The van der Waals surface area contributed by atoms with E-state index in [1.54, 1.807) is 13.2 Å². The van der Waals surface area contributed by atoms with Crippen molar-refractivity contribution in [3.63, 3.8) is 0 Å². The number of thiophene rings is 1. The second-order valence-corrected chi connectivity index (χ2v) is 7.59. The average molecular weight is 350 g/mol. The zero-order valence-corrected chi connectivity index (χ0v) is 14.9. The third-order valence-electron chi connectivity index (χ3n) is 4.85. The smallest absolute Gasteiger partial charge is 0.261 e. The summed E-state index contributed by atoms with van der Waals surface area (Å²) in [6.45, 7) is 4.90. The van der Waals surface area contributed by atoms with Crippen molar-refractivity contribution in [3.8, 4) is 0 Å². The summed E-state index contributed by atoms with van der Waals surface area (Å²) in [6, 6.07) is 4.97.